The molecule has 0 aliphatic rings. The van der Waals surface area contributed by atoms with E-state index < -0.39 is 18.1 Å². The molecule has 0 aromatic carbocycles. The topological polar surface area (TPSA) is 99.1 Å². The number of esters is 2. The fourth-order valence-electron chi connectivity index (χ4n) is 6.46. The maximum atomic E-state index is 12.7. The van der Waals surface area contributed by atoms with Crippen LogP contribution in [0, 0.1) is 0 Å². The van der Waals surface area contributed by atoms with Crippen molar-refractivity contribution in [1.29, 1.82) is 0 Å². The average Bonchev–Trinajstić information content (AvgIpc) is 3.19. The van der Waals surface area contributed by atoms with Crippen molar-refractivity contribution in [3.05, 3.63) is 72.9 Å². The van der Waals surface area contributed by atoms with Crippen LogP contribution in [0.3, 0.4) is 0 Å². The Kier molecular flexibility index (Phi) is 39.2. The minimum atomic E-state index is -0.883. The molecule has 0 spiro atoms. The molecule has 59 heavy (non-hydrogen) atoms. The lowest BCUT2D eigenvalue weighted by molar-refractivity contribution is -0.887. The number of hydrogen-bond donors (Lipinski definition) is 1. The smallest absolute Gasteiger partial charge is 0.362 e. The van der Waals surface area contributed by atoms with E-state index in [9.17, 15) is 19.5 Å². The molecular formula is C51H88NO7+. The van der Waals surface area contributed by atoms with Crippen molar-refractivity contribution >= 4 is 17.9 Å². The molecule has 8 nitrogen and oxygen atoms in total. The second-order valence-corrected chi connectivity index (χ2v) is 16.6. The lowest BCUT2D eigenvalue weighted by Crippen LogP contribution is -2.50. The summed E-state index contributed by atoms with van der Waals surface area (Å²) in [5.74, 6) is -1.52. The van der Waals surface area contributed by atoms with Gasteiger partial charge in [0, 0.05) is 19.3 Å². The van der Waals surface area contributed by atoms with Gasteiger partial charge in [-0.25, -0.2) is 4.79 Å². The molecule has 1 N–H and O–H groups in total. The normalized spacial score (nSPS) is 13.6. The number of carbonyl (C=O) groups excluding carboxylic acids is 2. The van der Waals surface area contributed by atoms with Crippen molar-refractivity contribution < 1.29 is 38.2 Å². The summed E-state index contributed by atoms with van der Waals surface area (Å²) in [6.45, 7) is 4.57. The number of hydrogen-bond acceptors (Lipinski definition) is 6. The third-order valence-electron chi connectivity index (χ3n) is 10.1. The van der Waals surface area contributed by atoms with Gasteiger partial charge in [0.05, 0.1) is 34.4 Å². The Morgan fingerprint density at radius 1 is 0.525 bits per heavy atom. The summed E-state index contributed by atoms with van der Waals surface area (Å²) in [6, 6.07) is -0.624. The molecule has 0 aliphatic carbocycles. The Labute approximate surface area is 361 Å². The van der Waals surface area contributed by atoms with Crippen LogP contribution in [-0.4, -0.2) is 80.6 Å². The number of allylic oxidation sites excluding steroid dienone is 12. The fourth-order valence-corrected chi connectivity index (χ4v) is 6.46. The molecule has 0 aromatic rings. The maximum Gasteiger partial charge on any atom is 0.362 e. The Balaban J connectivity index is 4.40. The van der Waals surface area contributed by atoms with E-state index in [-0.39, 0.29) is 36.2 Å². The Bertz CT molecular complexity index is 1190. The summed E-state index contributed by atoms with van der Waals surface area (Å²) in [7, 11) is 5.51. The summed E-state index contributed by atoms with van der Waals surface area (Å²) in [6.07, 6.45) is 52.3. The number of likely N-dealkylation sites (N-methyl/N-ethyl adjacent to an activating group) is 1. The summed E-state index contributed by atoms with van der Waals surface area (Å²) >= 11 is 0. The third kappa shape index (κ3) is 40.0. The Morgan fingerprint density at radius 2 is 0.949 bits per heavy atom. The summed E-state index contributed by atoms with van der Waals surface area (Å²) in [4.78, 5) is 37.0. The van der Waals surface area contributed by atoms with Crippen LogP contribution in [0.1, 0.15) is 181 Å². The number of carboxylic acid groups (broad SMARTS) is 1. The quantitative estimate of drug-likeness (QED) is 0.0284. The predicted molar refractivity (Wildman–Crippen MR) is 247 cm³/mol. The summed E-state index contributed by atoms with van der Waals surface area (Å²) in [5.41, 5.74) is 0. The zero-order chi connectivity index (χ0) is 43.5. The highest BCUT2D eigenvalue weighted by Gasteiger charge is 2.31. The molecular weight excluding hydrogens is 739 g/mol. The average molecular weight is 827 g/mol. The van der Waals surface area contributed by atoms with Gasteiger partial charge in [-0.2, -0.15) is 0 Å². The first-order valence-corrected chi connectivity index (χ1v) is 23.5. The van der Waals surface area contributed by atoms with Crippen LogP contribution in [0.15, 0.2) is 72.9 Å². The predicted octanol–water partition coefficient (Wildman–Crippen LogP) is 13.1. The first-order valence-electron chi connectivity index (χ1n) is 23.5. The van der Waals surface area contributed by atoms with E-state index >= 15 is 0 Å². The van der Waals surface area contributed by atoms with E-state index in [0.717, 1.165) is 89.9 Å². The van der Waals surface area contributed by atoms with Crippen LogP contribution in [0.25, 0.3) is 0 Å². The van der Waals surface area contributed by atoms with Crippen molar-refractivity contribution in [2.45, 2.75) is 193 Å². The number of ether oxygens (including phenoxy) is 3. The van der Waals surface area contributed by atoms with Gasteiger partial charge in [0.2, 0.25) is 0 Å². The molecule has 0 radical (unpaired) electrons. The standard InChI is InChI=1S/C51H87NO7/c1-6-8-10-12-14-16-18-20-22-24-25-26-28-29-31-33-35-37-39-41-49(53)58-46-47(45-57-44-43-48(51(55)56)52(3,4)5)59-50(54)42-40-38-36-34-32-30-27-23-21-19-17-15-13-11-9-7-2/h8,10,14,16,20,22-23,25-27,29,31,47-48H,6-7,9,11-13,15,17-19,21,24,28,30,32-46H2,1-5H3/p+1/b10-8+,16-14+,22-20+,26-25+,27-23+,31-29+. The van der Waals surface area contributed by atoms with Crippen LogP contribution >= 0.6 is 0 Å². The summed E-state index contributed by atoms with van der Waals surface area (Å²) in [5, 5.41) is 9.63. The van der Waals surface area contributed by atoms with Gasteiger partial charge in [-0.1, -0.05) is 151 Å². The van der Waals surface area contributed by atoms with E-state index in [1.54, 1.807) is 0 Å². The van der Waals surface area contributed by atoms with Crippen LogP contribution in [0.5, 0.6) is 0 Å². The van der Waals surface area contributed by atoms with Crippen molar-refractivity contribution in [3.63, 3.8) is 0 Å². The van der Waals surface area contributed by atoms with E-state index in [1.807, 2.05) is 21.1 Å². The molecule has 0 rings (SSSR count). The van der Waals surface area contributed by atoms with E-state index in [0.29, 0.717) is 19.3 Å². The Hall–Kier alpha value is -3.23. The zero-order valence-electron chi connectivity index (χ0n) is 38.4. The largest absolute Gasteiger partial charge is 0.477 e. The van der Waals surface area contributed by atoms with Crippen LogP contribution < -0.4 is 0 Å². The van der Waals surface area contributed by atoms with Gasteiger partial charge in [-0.15, -0.1) is 0 Å². The number of carbonyl (C=O) groups is 3. The molecule has 2 atom stereocenters. The van der Waals surface area contributed by atoms with E-state index in [2.05, 4.69) is 86.8 Å². The molecule has 0 fully saturated rings. The SMILES string of the molecule is CC/C=C/C/C=C/C/C=C/C/C=C/C/C=C/CCCCCC(=O)OCC(COCCC(C(=O)O)[N+](C)(C)C)OC(=O)CCCCCCC/C=C/CCCCCCCCC. The molecule has 0 amide bonds. The molecule has 0 aromatic heterocycles. The molecule has 0 saturated heterocycles. The number of quaternary nitrogens is 1. The summed E-state index contributed by atoms with van der Waals surface area (Å²) < 4.78 is 17.3. The number of carboxylic acids is 1. The van der Waals surface area contributed by atoms with Gasteiger partial charge in [0.15, 0.2) is 12.1 Å². The molecule has 2 unspecified atom stereocenters. The van der Waals surface area contributed by atoms with Crippen LogP contribution in [0.2, 0.25) is 0 Å². The minimum Gasteiger partial charge on any atom is -0.477 e. The van der Waals surface area contributed by atoms with Crippen molar-refractivity contribution in [2.75, 3.05) is 41.0 Å². The second-order valence-electron chi connectivity index (χ2n) is 16.6. The van der Waals surface area contributed by atoms with Gasteiger partial charge >= 0.3 is 17.9 Å². The van der Waals surface area contributed by atoms with E-state index in [1.165, 1.54) is 57.8 Å². The molecule has 338 valence electrons. The lowest BCUT2D eigenvalue weighted by Gasteiger charge is -2.31. The molecule has 0 bridgehead atoms. The third-order valence-corrected chi connectivity index (χ3v) is 10.1. The van der Waals surface area contributed by atoms with Gasteiger partial charge in [0.1, 0.15) is 6.61 Å². The van der Waals surface area contributed by atoms with Gasteiger partial charge < -0.3 is 23.8 Å². The molecule has 0 saturated carbocycles. The van der Waals surface area contributed by atoms with Crippen LogP contribution in [-0.2, 0) is 28.6 Å². The van der Waals surface area contributed by atoms with Gasteiger partial charge in [-0.05, 0) is 83.5 Å². The molecule has 0 heterocycles. The van der Waals surface area contributed by atoms with Crippen molar-refractivity contribution in [3.8, 4) is 0 Å². The highest BCUT2D eigenvalue weighted by Crippen LogP contribution is 2.13. The van der Waals surface area contributed by atoms with Crippen molar-refractivity contribution in [2.24, 2.45) is 0 Å². The van der Waals surface area contributed by atoms with Crippen molar-refractivity contribution in [1.82, 2.24) is 0 Å². The lowest BCUT2D eigenvalue weighted by atomic mass is 10.1. The number of nitrogens with zero attached hydrogens (tertiary/aromatic N) is 1. The molecule has 0 aliphatic heterocycles. The number of unbranched alkanes of at least 4 members (excludes halogenated alkanes) is 15. The number of rotatable bonds is 41. The maximum absolute atomic E-state index is 12.7. The monoisotopic (exact) mass is 827 g/mol. The highest BCUT2D eigenvalue weighted by molar-refractivity contribution is 5.72. The highest BCUT2D eigenvalue weighted by atomic mass is 16.6. The van der Waals surface area contributed by atoms with E-state index in [4.69, 9.17) is 14.2 Å². The fraction of sp³-hybridized carbons (Fsp3) is 0.706. The zero-order valence-corrected chi connectivity index (χ0v) is 38.4. The van der Waals surface area contributed by atoms with Crippen LogP contribution in [0.4, 0.5) is 0 Å². The Morgan fingerprint density at radius 3 is 1.44 bits per heavy atom. The first-order chi connectivity index (χ1) is 28.6. The van der Waals surface area contributed by atoms with Gasteiger partial charge in [-0.3, -0.25) is 9.59 Å². The number of aliphatic carboxylic acids is 1. The minimum absolute atomic E-state index is 0.0439. The second kappa shape index (κ2) is 41.5. The molecule has 8 heteroatoms. The first kappa shape index (κ1) is 55.8. The van der Waals surface area contributed by atoms with Gasteiger partial charge in [0.25, 0.3) is 0 Å².